The van der Waals surface area contributed by atoms with Crippen LogP contribution in [0.5, 0.6) is 5.75 Å². The third-order valence-corrected chi connectivity index (χ3v) is 5.80. The van der Waals surface area contributed by atoms with Gasteiger partial charge in [0.05, 0.1) is 11.0 Å². The summed E-state index contributed by atoms with van der Waals surface area (Å²) < 4.78 is 28.8. The van der Waals surface area contributed by atoms with Crippen LogP contribution >= 0.6 is 11.3 Å². The van der Waals surface area contributed by atoms with Gasteiger partial charge in [-0.15, -0.1) is 11.3 Å². The van der Waals surface area contributed by atoms with Crippen molar-refractivity contribution in [3.63, 3.8) is 0 Å². The van der Waals surface area contributed by atoms with Crippen molar-refractivity contribution in [2.45, 2.75) is 32.3 Å². The highest BCUT2D eigenvalue weighted by atomic mass is 32.1. The molecule has 0 amide bonds. The molecule has 0 saturated carbocycles. The van der Waals surface area contributed by atoms with Crippen molar-refractivity contribution in [1.29, 1.82) is 5.26 Å². The van der Waals surface area contributed by atoms with Crippen LogP contribution in [0.3, 0.4) is 0 Å². The fourth-order valence-electron chi connectivity index (χ4n) is 3.36. The Balaban J connectivity index is 1.72. The summed E-state index contributed by atoms with van der Waals surface area (Å²) >= 11 is 1.51. The summed E-state index contributed by atoms with van der Waals surface area (Å²) in [6.45, 7) is -2.89. The number of aromatic nitrogens is 2. The van der Waals surface area contributed by atoms with E-state index < -0.39 is 6.61 Å². The summed E-state index contributed by atoms with van der Waals surface area (Å²) in [6, 6.07) is 7.93. The number of aromatic amines is 1. The lowest BCUT2D eigenvalue weighted by Crippen LogP contribution is -2.12. The Morgan fingerprint density at radius 1 is 1.29 bits per heavy atom. The molecular weight excluding hydrogens is 384 g/mol. The summed E-state index contributed by atoms with van der Waals surface area (Å²) in [5.74, 6) is 0.231. The molecule has 142 valence electrons. The first-order chi connectivity index (χ1) is 13.5. The van der Waals surface area contributed by atoms with Crippen molar-refractivity contribution in [2.24, 2.45) is 0 Å². The van der Waals surface area contributed by atoms with Crippen LogP contribution < -0.4 is 10.3 Å². The Kier molecular flexibility index (Phi) is 4.92. The van der Waals surface area contributed by atoms with E-state index in [4.69, 9.17) is 0 Å². The zero-order chi connectivity index (χ0) is 19.7. The highest BCUT2D eigenvalue weighted by molar-refractivity contribution is 7.18. The van der Waals surface area contributed by atoms with Gasteiger partial charge in [0.15, 0.2) is 5.82 Å². The smallest absolute Gasteiger partial charge is 0.387 e. The minimum atomic E-state index is -2.89. The molecule has 1 aliphatic rings. The molecule has 1 N–H and O–H groups in total. The second kappa shape index (κ2) is 7.52. The molecule has 0 bridgehead atoms. The summed E-state index contributed by atoms with van der Waals surface area (Å²) in [4.78, 5) is 21.7. The first kappa shape index (κ1) is 18.3. The van der Waals surface area contributed by atoms with Gasteiger partial charge >= 0.3 is 6.61 Å². The Bertz CT molecular complexity index is 1160. The van der Waals surface area contributed by atoms with Crippen LogP contribution in [0.4, 0.5) is 8.78 Å². The minimum absolute atomic E-state index is 0.0303. The van der Waals surface area contributed by atoms with Gasteiger partial charge < -0.3 is 9.72 Å². The van der Waals surface area contributed by atoms with E-state index in [2.05, 4.69) is 14.7 Å². The maximum Gasteiger partial charge on any atom is 0.387 e. The van der Waals surface area contributed by atoms with Gasteiger partial charge in [-0.05, 0) is 55.0 Å². The maximum atomic E-state index is 12.6. The Labute approximate surface area is 162 Å². The van der Waals surface area contributed by atoms with Crippen molar-refractivity contribution in [3.8, 4) is 11.8 Å². The average molecular weight is 399 g/mol. The van der Waals surface area contributed by atoms with Crippen molar-refractivity contribution in [3.05, 3.63) is 56.4 Å². The van der Waals surface area contributed by atoms with E-state index in [1.165, 1.54) is 28.3 Å². The molecule has 28 heavy (non-hydrogen) atoms. The molecule has 0 radical (unpaired) electrons. The molecule has 2 heterocycles. The minimum Gasteiger partial charge on any atom is -0.435 e. The van der Waals surface area contributed by atoms with E-state index in [9.17, 15) is 18.8 Å². The third-order valence-electron chi connectivity index (χ3n) is 4.62. The normalized spacial score (nSPS) is 14.1. The highest BCUT2D eigenvalue weighted by Crippen LogP contribution is 2.34. The van der Waals surface area contributed by atoms with Crippen molar-refractivity contribution in [1.82, 2.24) is 9.97 Å². The van der Waals surface area contributed by atoms with Crippen LogP contribution in [0.25, 0.3) is 21.9 Å². The van der Waals surface area contributed by atoms with E-state index in [0.717, 1.165) is 31.2 Å². The number of H-pyrrole nitrogens is 1. The number of hydrogen-bond donors (Lipinski definition) is 1. The number of alkyl halides is 2. The monoisotopic (exact) mass is 399 g/mol. The lowest BCUT2D eigenvalue weighted by Gasteiger charge is -2.09. The molecule has 0 atom stereocenters. The number of nitrogens with one attached hydrogen (secondary N) is 1. The molecule has 8 heteroatoms. The number of nitriles is 1. The largest absolute Gasteiger partial charge is 0.435 e. The predicted octanol–water partition coefficient (Wildman–Crippen LogP) is 4.53. The number of halogens is 2. The zero-order valence-corrected chi connectivity index (χ0v) is 15.5. The van der Waals surface area contributed by atoms with Gasteiger partial charge in [-0.25, -0.2) is 4.98 Å². The molecule has 0 fully saturated rings. The Morgan fingerprint density at radius 2 is 2.04 bits per heavy atom. The van der Waals surface area contributed by atoms with Crippen LogP contribution in [0.15, 0.2) is 29.1 Å². The van der Waals surface area contributed by atoms with E-state index in [0.29, 0.717) is 15.8 Å². The number of hydrogen-bond acceptors (Lipinski definition) is 5. The third kappa shape index (κ3) is 3.53. The molecular formula is C20H15F2N3O2S. The van der Waals surface area contributed by atoms with E-state index >= 15 is 0 Å². The SMILES string of the molecule is N#C/C(=C\c1ccc(OC(F)F)cc1)c1nc2sc3c(c2c(=O)[nH]1)CCCC3. The van der Waals surface area contributed by atoms with Crippen LogP contribution in [0.1, 0.15) is 34.7 Å². The van der Waals surface area contributed by atoms with Crippen LogP contribution in [-0.2, 0) is 12.8 Å². The molecule has 1 aromatic carbocycles. The van der Waals surface area contributed by atoms with Crippen LogP contribution in [0.2, 0.25) is 0 Å². The van der Waals surface area contributed by atoms with Crippen molar-refractivity contribution in [2.75, 3.05) is 0 Å². The van der Waals surface area contributed by atoms with Gasteiger partial charge in [0.2, 0.25) is 0 Å². The second-order valence-electron chi connectivity index (χ2n) is 6.42. The predicted molar refractivity (Wildman–Crippen MR) is 103 cm³/mol. The number of rotatable bonds is 4. The van der Waals surface area contributed by atoms with E-state index in [1.54, 1.807) is 18.2 Å². The first-order valence-corrected chi connectivity index (χ1v) is 9.58. The second-order valence-corrected chi connectivity index (χ2v) is 7.51. The first-order valence-electron chi connectivity index (χ1n) is 8.77. The molecule has 5 nitrogen and oxygen atoms in total. The molecule has 0 unspecified atom stereocenters. The molecule has 0 aliphatic heterocycles. The number of aryl methyl sites for hydroxylation is 2. The van der Waals surface area contributed by atoms with Gasteiger partial charge in [-0.1, -0.05) is 12.1 Å². The Hall–Kier alpha value is -3.05. The molecule has 0 saturated heterocycles. The molecule has 1 aliphatic carbocycles. The van der Waals surface area contributed by atoms with E-state index in [-0.39, 0.29) is 22.7 Å². The summed E-state index contributed by atoms with van der Waals surface area (Å²) in [5.41, 5.74) is 1.64. The number of benzene rings is 1. The van der Waals surface area contributed by atoms with Gasteiger partial charge in [0, 0.05) is 4.88 Å². The number of nitrogens with zero attached hydrogens (tertiary/aromatic N) is 2. The van der Waals surface area contributed by atoms with Crippen LogP contribution in [-0.4, -0.2) is 16.6 Å². The number of ether oxygens (including phenoxy) is 1. The molecule has 4 rings (SSSR count). The summed E-state index contributed by atoms with van der Waals surface area (Å²) in [6.07, 6.45) is 5.56. The molecule has 0 spiro atoms. The summed E-state index contributed by atoms with van der Waals surface area (Å²) in [7, 11) is 0. The summed E-state index contributed by atoms with van der Waals surface area (Å²) in [5, 5.41) is 10.2. The van der Waals surface area contributed by atoms with Crippen molar-refractivity contribution >= 4 is 33.2 Å². The lowest BCUT2D eigenvalue weighted by molar-refractivity contribution is -0.0498. The van der Waals surface area contributed by atoms with Crippen molar-refractivity contribution < 1.29 is 13.5 Å². The van der Waals surface area contributed by atoms with Gasteiger partial charge in [0.25, 0.3) is 5.56 Å². The number of allylic oxidation sites excluding steroid dienone is 1. The van der Waals surface area contributed by atoms with Gasteiger partial charge in [-0.3, -0.25) is 4.79 Å². The molecule has 3 aromatic rings. The number of fused-ring (bicyclic) bond motifs is 3. The quantitative estimate of drug-likeness (QED) is 0.654. The van der Waals surface area contributed by atoms with E-state index in [1.807, 2.05) is 6.07 Å². The molecule has 2 aromatic heterocycles. The topological polar surface area (TPSA) is 78.8 Å². The standard InChI is InChI=1S/C20H15F2N3O2S/c21-20(22)27-13-7-5-11(6-8-13)9-12(10-23)17-24-18(26)16-14-3-1-2-4-15(14)28-19(16)25-17/h5-9,20H,1-4H2,(H,24,25,26)/b12-9+. The van der Waals surface area contributed by atoms with Gasteiger partial charge in [-0.2, -0.15) is 14.0 Å². The van der Waals surface area contributed by atoms with Crippen LogP contribution in [0, 0.1) is 11.3 Å². The van der Waals surface area contributed by atoms with Gasteiger partial charge in [0.1, 0.15) is 16.6 Å². The highest BCUT2D eigenvalue weighted by Gasteiger charge is 2.20. The number of thiophene rings is 1. The fourth-order valence-corrected chi connectivity index (χ4v) is 4.62. The lowest BCUT2D eigenvalue weighted by atomic mass is 9.97. The zero-order valence-electron chi connectivity index (χ0n) is 14.7. The average Bonchev–Trinajstić information content (AvgIpc) is 3.05. The maximum absolute atomic E-state index is 12.6. The Morgan fingerprint density at radius 3 is 2.75 bits per heavy atom. The fraction of sp³-hybridized carbons (Fsp3) is 0.250.